The van der Waals surface area contributed by atoms with Crippen molar-refractivity contribution in [2.45, 2.75) is 32.2 Å². The van der Waals surface area contributed by atoms with Crippen LogP contribution in [0.2, 0.25) is 0 Å². The first-order valence-corrected chi connectivity index (χ1v) is 10.7. The van der Waals surface area contributed by atoms with Crippen LogP contribution in [0.4, 0.5) is 0 Å². The zero-order chi connectivity index (χ0) is 18.0. The average molecular weight is 377 g/mol. The van der Waals surface area contributed by atoms with Crippen LogP contribution in [0.3, 0.4) is 0 Å². The van der Waals surface area contributed by atoms with Crippen LogP contribution in [-0.4, -0.2) is 31.1 Å². The molecule has 3 rings (SSSR count). The summed E-state index contributed by atoms with van der Waals surface area (Å²) in [5.41, 5.74) is 3.00. The van der Waals surface area contributed by atoms with E-state index in [9.17, 15) is 13.2 Å². The highest BCUT2D eigenvalue weighted by Gasteiger charge is 2.23. The highest BCUT2D eigenvalue weighted by atomic mass is 32.2. The molecule has 1 aromatic heterocycles. The fourth-order valence-corrected chi connectivity index (χ4v) is 4.68. The minimum Gasteiger partial charge on any atom is -0.348 e. The van der Waals surface area contributed by atoms with Gasteiger partial charge in [-0.05, 0) is 17.6 Å². The van der Waals surface area contributed by atoms with E-state index in [0.29, 0.717) is 11.6 Å². The second-order valence-corrected chi connectivity index (χ2v) is 9.22. The molecule has 0 spiro atoms. The molecule has 1 aromatic carbocycles. The van der Waals surface area contributed by atoms with E-state index in [2.05, 4.69) is 36.3 Å². The molecule has 1 aliphatic rings. The average Bonchev–Trinajstić information content (AvgIpc) is 3.13. The molecule has 0 saturated heterocycles. The van der Waals surface area contributed by atoms with E-state index in [0.717, 1.165) is 16.0 Å². The van der Waals surface area contributed by atoms with E-state index in [1.54, 1.807) is 0 Å². The van der Waals surface area contributed by atoms with Crippen molar-refractivity contribution < 1.29 is 13.2 Å². The third-order valence-electron chi connectivity index (χ3n) is 3.99. The molecular formula is C18H20N2O3S2. The quantitative estimate of drug-likeness (QED) is 0.870. The van der Waals surface area contributed by atoms with Gasteiger partial charge in [0.15, 0.2) is 9.84 Å². The van der Waals surface area contributed by atoms with Crippen molar-refractivity contribution in [2.24, 2.45) is 0 Å². The maximum atomic E-state index is 12.1. The smallest absolute Gasteiger partial charge is 0.226 e. The third-order valence-corrected chi connectivity index (χ3v) is 6.33. The van der Waals surface area contributed by atoms with Crippen LogP contribution in [0.15, 0.2) is 41.1 Å². The van der Waals surface area contributed by atoms with Crippen LogP contribution in [0, 0.1) is 0 Å². The lowest BCUT2D eigenvalue weighted by Gasteiger charge is -2.08. The highest BCUT2D eigenvalue weighted by Crippen LogP contribution is 2.26. The van der Waals surface area contributed by atoms with E-state index in [1.165, 1.54) is 23.0 Å². The number of thiazole rings is 1. The van der Waals surface area contributed by atoms with Gasteiger partial charge < -0.3 is 5.32 Å². The predicted molar refractivity (Wildman–Crippen MR) is 100 cm³/mol. The van der Waals surface area contributed by atoms with Crippen molar-refractivity contribution in [3.8, 4) is 10.6 Å². The van der Waals surface area contributed by atoms with Crippen molar-refractivity contribution >= 4 is 27.1 Å². The summed E-state index contributed by atoms with van der Waals surface area (Å²) in [6.07, 6.45) is 1.65. The molecule has 1 amide bonds. The maximum Gasteiger partial charge on any atom is 0.226 e. The van der Waals surface area contributed by atoms with Crippen LogP contribution in [0.25, 0.3) is 10.6 Å². The molecular weight excluding hydrogens is 356 g/mol. The van der Waals surface area contributed by atoms with Gasteiger partial charge in [-0.1, -0.05) is 38.1 Å². The number of carbonyl (C=O) groups is 1. The predicted octanol–water partition coefficient (Wildman–Crippen LogP) is 2.90. The standard InChI is InChI=1S/C18H20N2O3S2/c1-12(2)13-3-5-14(6-4-13)18-20-16(10-24-18)9-17(21)19-15-7-8-25(22,23)11-15/h3-8,10,12,15H,9,11H2,1-2H3,(H,19,21)/t15-/m0/s1. The van der Waals surface area contributed by atoms with Gasteiger partial charge >= 0.3 is 0 Å². The minimum atomic E-state index is -3.16. The Labute approximate surface area is 151 Å². The molecule has 0 fully saturated rings. The first-order chi connectivity index (χ1) is 11.8. The SMILES string of the molecule is CC(C)c1ccc(-c2nc(CC(=O)N[C@H]3C=CS(=O)(=O)C3)cs2)cc1. The summed E-state index contributed by atoms with van der Waals surface area (Å²) >= 11 is 1.50. The number of nitrogens with one attached hydrogen (secondary N) is 1. The number of sulfone groups is 1. The number of nitrogens with zero attached hydrogens (tertiary/aromatic N) is 1. The Balaban J connectivity index is 1.61. The summed E-state index contributed by atoms with van der Waals surface area (Å²) in [7, 11) is -3.16. The molecule has 0 aliphatic carbocycles. The molecule has 132 valence electrons. The van der Waals surface area contributed by atoms with E-state index >= 15 is 0 Å². The maximum absolute atomic E-state index is 12.1. The Morgan fingerprint density at radius 1 is 1.32 bits per heavy atom. The van der Waals surface area contributed by atoms with Crippen molar-refractivity contribution in [1.82, 2.24) is 10.3 Å². The number of hydrogen-bond donors (Lipinski definition) is 1. The Bertz CT molecular complexity index is 897. The summed E-state index contributed by atoms with van der Waals surface area (Å²) in [4.78, 5) is 16.6. The molecule has 25 heavy (non-hydrogen) atoms. The number of rotatable bonds is 5. The zero-order valence-corrected chi connectivity index (χ0v) is 15.7. The first-order valence-electron chi connectivity index (χ1n) is 8.07. The minimum absolute atomic E-state index is 0.0662. The molecule has 5 nitrogen and oxygen atoms in total. The van der Waals surface area contributed by atoms with Crippen molar-refractivity contribution in [3.63, 3.8) is 0 Å². The lowest BCUT2D eigenvalue weighted by Crippen LogP contribution is -2.36. The molecule has 0 unspecified atom stereocenters. The van der Waals surface area contributed by atoms with E-state index < -0.39 is 15.9 Å². The molecule has 0 saturated carbocycles. The Kier molecular flexibility index (Phi) is 5.06. The molecule has 1 atom stereocenters. The van der Waals surface area contributed by atoms with Crippen LogP contribution in [0.1, 0.15) is 31.0 Å². The number of aromatic nitrogens is 1. The van der Waals surface area contributed by atoms with Crippen LogP contribution in [0.5, 0.6) is 0 Å². The van der Waals surface area contributed by atoms with Gasteiger partial charge in [-0.3, -0.25) is 4.79 Å². The fourth-order valence-electron chi connectivity index (χ4n) is 2.62. The Hall–Kier alpha value is -1.99. The van der Waals surface area contributed by atoms with Gasteiger partial charge in [0.1, 0.15) is 5.01 Å². The Morgan fingerprint density at radius 3 is 2.64 bits per heavy atom. The van der Waals surface area contributed by atoms with Gasteiger partial charge in [-0.2, -0.15) is 0 Å². The molecule has 1 N–H and O–H groups in total. The molecule has 0 bridgehead atoms. The van der Waals surface area contributed by atoms with E-state index in [-0.39, 0.29) is 18.1 Å². The molecule has 2 aromatic rings. The largest absolute Gasteiger partial charge is 0.348 e. The van der Waals surface area contributed by atoms with Gasteiger partial charge in [0.05, 0.1) is 23.9 Å². The fraction of sp³-hybridized carbons (Fsp3) is 0.333. The van der Waals surface area contributed by atoms with Gasteiger partial charge in [-0.15, -0.1) is 11.3 Å². The van der Waals surface area contributed by atoms with Crippen LogP contribution >= 0.6 is 11.3 Å². The zero-order valence-electron chi connectivity index (χ0n) is 14.1. The van der Waals surface area contributed by atoms with Gasteiger partial charge in [0.25, 0.3) is 0 Å². The summed E-state index contributed by atoms with van der Waals surface area (Å²) in [5, 5.41) is 6.61. The van der Waals surface area contributed by atoms with Gasteiger partial charge in [0.2, 0.25) is 5.91 Å². The number of hydrogen-bond acceptors (Lipinski definition) is 5. The second kappa shape index (κ2) is 7.09. The number of benzene rings is 1. The topological polar surface area (TPSA) is 76.1 Å². The summed E-state index contributed by atoms with van der Waals surface area (Å²) < 4.78 is 22.7. The third kappa shape index (κ3) is 4.55. The van der Waals surface area contributed by atoms with Gasteiger partial charge in [0, 0.05) is 16.4 Å². The van der Waals surface area contributed by atoms with Crippen LogP contribution in [-0.2, 0) is 21.1 Å². The van der Waals surface area contributed by atoms with Gasteiger partial charge in [-0.25, -0.2) is 13.4 Å². The molecule has 1 aliphatic heterocycles. The summed E-state index contributed by atoms with van der Waals surface area (Å²) in [5.74, 6) is 0.195. The van der Waals surface area contributed by atoms with Crippen molar-refractivity contribution in [3.05, 3.63) is 52.4 Å². The van der Waals surface area contributed by atoms with E-state index in [4.69, 9.17) is 0 Å². The normalized spacial score (nSPS) is 18.6. The van der Waals surface area contributed by atoms with Crippen LogP contribution < -0.4 is 5.32 Å². The monoisotopic (exact) mass is 376 g/mol. The molecule has 7 heteroatoms. The number of amides is 1. The molecule has 0 radical (unpaired) electrons. The Morgan fingerprint density at radius 2 is 2.04 bits per heavy atom. The summed E-state index contributed by atoms with van der Waals surface area (Å²) in [6, 6.07) is 7.85. The number of carbonyl (C=O) groups excluding carboxylic acids is 1. The van der Waals surface area contributed by atoms with E-state index in [1.807, 2.05) is 17.5 Å². The van der Waals surface area contributed by atoms with Crippen molar-refractivity contribution in [2.75, 3.05) is 5.75 Å². The first kappa shape index (κ1) is 17.8. The molecule has 2 heterocycles. The summed E-state index contributed by atoms with van der Waals surface area (Å²) in [6.45, 7) is 4.31. The second-order valence-electron chi connectivity index (χ2n) is 6.43. The highest BCUT2D eigenvalue weighted by molar-refractivity contribution is 7.94. The lowest BCUT2D eigenvalue weighted by molar-refractivity contribution is -0.120. The van der Waals surface area contributed by atoms with Crippen molar-refractivity contribution in [1.29, 1.82) is 0 Å². The lowest BCUT2D eigenvalue weighted by atomic mass is 10.0.